The van der Waals surface area contributed by atoms with Crippen LogP contribution in [0.5, 0.6) is 17.2 Å². The number of carbonyl (C=O) groups is 2. The van der Waals surface area contributed by atoms with Gasteiger partial charge in [-0.3, -0.25) is 14.2 Å². The second kappa shape index (κ2) is 10.8. The molecule has 1 aliphatic heterocycles. The van der Waals surface area contributed by atoms with Gasteiger partial charge in [0.05, 0.1) is 42.7 Å². The Balaban J connectivity index is 1.88. The topological polar surface area (TPSA) is 105 Å². The lowest BCUT2D eigenvalue weighted by atomic mass is 9.96. The fourth-order valence-corrected chi connectivity index (χ4v) is 5.11. The Kier molecular flexibility index (Phi) is 7.58. The third kappa shape index (κ3) is 5.19. The number of thiazole rings is 1. The molecule has 0 saturated heterocycles. The van der Waals surface area contributed by atoms with Crippen LogP contribution >= 0.6 is 11.3 Å². The molecular formula is C27H26N2O7S. The molecule has 0 N–H and O–H groups in total. The number of hydrogen-bond donors (Lipinski definition) is 0. The molecule has 2 heterocycles. The van der Waals surface area contributed by atoms with Crippen molar-refractivity contribution in [2.45, 2.75) is 26.8 Å². The van der Waals surface area contributed by atoms with Gasteiger partial charge in [-0.15, -0.1) is 0 Å². The van der Waals surface area contributed by atoms with Gasteiger partial charge in [-0.1, -0.05) is 29.5 Å². The minimum absolute atomic E-state index is 0.288. The van der Waals surface area contributed by atoms with E-state index in [1.807, 2.05) is 19.1 Å². The average molecular weight is 523 g/mol. The normalized spacial score (nSPS) is 15.1. The lowest BCUT2D eigenvalue weighted by molar-refractivity contribution is -0.136. The molecule has 0 fully saturated rings. The summed E-state index contributed by atoms with van der Waals surface area (Å²) >= 11 is 1.21. The molecule has 37 heavy (non-hydrogen) atoms. The van der Waals surface area contributed by atoms with E-state index in [0.29, 0.717) is 50.0 Å². The molecule has 9 nitrogen and oxygen atoms in total. The summed E-state index contributed by atoms with van der Waals surface area (Å²) in [6.07, 6.45) is 1.71. The molecule has 0 radical (unpaired) electrons. The van der Waals surface area contributed by atoms with Crippen LogP contribution in [0, 0.1) is 0 Å². The van der Waals surface area contributed by atoms with Crippen molar-refractivity contribution in [2.75, 3.05) is 20.8 Å². The highest BCUT2D eigenvalue weighted by Crippen LogP contribution is 2.32. The molecule has 1 aliphatic rings. The van der Waals surface area contributed by atoms with Crippen molar-refractivity contribution in [1.29, 1.82) is 0 Å². The van der Waals surface area contributed by atoms with Gasteiger partial charge in [0.25, 0.3) is 5.56 Å². The number of rotatable bonds is 7. The molecule has 4 rings (SSSR count). The van der Waals surface area contributed by atoms with E-state index in [9.17, 15) is 14.4 Å². The van der Waals surface area contributed by atoms with E-state index < -0.39 is 18.0 Å². The van der Waals surface area contributed by atoms with Crippen LogP contribution in [0.25, 0.3) is 6.08 Å². The number of ether oxygens (including phenoxy) is 4. The second-order valence-corrected chi connectivity index (χ2v) is 9.09. The number of allylic oxidation sites excluding steroid dienone is 1. The van der Waals surface area contributed by atoms with Gasteiger partial charge in [0.1, 0.15) is 5.75 Å². The van der Waals surface area contributed by atoms with Gasteiger partial charge in [-0.2, -0.15) is 0 Å². The molecule has 0 saturated carbocycles. The number of methoxy groups -OCH3 is 2. The van der Waals surface area contributed by atoms with Gasteiger partial charge in [-0.05, 0) is 55.3 Å². The Hall–Kier alpha value is -4.18. The molecule has 10 heteroatoms. The second-order valence-electron chi connectivity index (χ2n) is 8.08. The van der Waals surface area contributed by atoms with Crippen molar-refractivity contribution in [3.63, 3.8) is 0 Å². The number of esters is 2. The standard InChI is InChI=1S/C27H26N2O7S/c1-6-35-21-13-17(7-12-20(21)36-16(3)30)14-22-25(31)29-24(18-8-10-19(33-4)11-9-18)23(26(32)34-5)15(2)28-27(29)37-22/h7-14,24H,6H2,1-5H3. The van der Waals surface area contributed by atoms with Crippen LogP contribution in [-0.4, -0.2) is 37.3 Å². The van der Waals surface area contributed by atoms with Crippen molar-refractivity contribution < 1.29 is 28.5 Å². The van der Waals surface area contributed by atoms with Crippen LogP contribution in [0.1, 0.15) is 37.9 Å². The molecule has 2 aromatic carbocycles. The van der Waals surface area contributed by atoms with Gasteiger partial charge in [-0.25, -0.2) is 9.79 Å². The van der Waals surface area contributed by atoms with Crippen molar-refractivity contribution in [2.24, 2.45) is 4.99 Å². The summed E-state index contributed by atoms with van der Waals surface area (Å²) in [5.41, 5.74) is 1.85. The van der Waals surface area contributed by atoms with E-state index in [-0.39, 0.29) is 11.1 Å². The van der Waals surface area contributed by atoms with Gasteiger partial charge >= 0.3 is 11.9 Å². The Morgan fingerprint density at radius 3 is 2.46 bits per heavy atom. The van der Waals surface area contributed by atoms with Crippen LogP contribution in [0.15, 0.2) is 63.5 Å². The molecule has 1 unspecified atom stereocenters. The summed E-state index contributed by atoms with van der Waals surface area (Å²) in [5, 5.41) is 0. The monoisotopic (exact) mass is 522 g/mol. The van der Waals surface area contributed by atoms with Crippen LogP contribution in [0.2, 0.25) is 0 Å². The fraction of sp³-hybridized carbons (Fsp3) is 0.259. The lowest BCUT2D eigenvalue weighted by Crippen LogP contribution is -2.39. The van der Waals surface area contributed by atoms with E-state index in [1.165, 1.54) is 29.9 Å². The van der Waals surface area contributed by atoms with Crippen molar-refractivity contribution in [1.82, 2.24) is 4.57 Å². The first-order valence-corrected chi connectivity index (χ1v) is 12.3. The quantitative estimate of drug-likeness (QED) is 0.347. The summed E-state index contributed by atoms with van der Waals surface area (Å²) in [6.45, 7) is 5.23. The highest BCUT2D eigenvalue weighted by atomic mass is 32.1. The SMILES string of the molecule is CCOc1cc(C=c2sc3n(c2=O)C(c2ccc(OC)cc2)C(C(=O)OC)=C(C)N=3)ccc1OC(C)=O. The van der Waals surface area contributed by atoms with Gasteiger partial charge in [0, 0.05) is 6.92 Å². The third-order valence-electron chi connectivity index (χ3n) is 5.68. The van der Waals surface area contributed by atoms with Crippen LogP contribution < -0.4 is 29.1 Å². The molecule has 3 aromatic rings. The molecular weight excluding hydrogens is 496 g/mol. The molecule has 0 aliphatic carbocycles. The number of aromatic nitrogens is 1. The Bertz CT molecular complexity index is 1570. The van der Waals surface area contributed by atoms with Crippen molar-refractivity contribution in [3.05, 3.63) is 84.5 Å². The fourth-order valence-electron chi connectivity index (χ4n) is 4.07. The Morgan fingerprint density at radius 2 is 1.84 bits per heavy atom. The first-order chi connectivity index (χ1) is 17.8. The maximum atomic E-state index is 13.7. The number of nitrogens with zero attached hydrogens (tertiary/aromatic N) is 2. The first kappa shape index (κ1) is 25.9. The molecule has 0 spiro atoms. The zero-order chi connectivity index (χ0) is 26.7. The predicted octanol–water partition coefficient (Wildman–Crippen LogP) is 2.74. The maximum absolute atomic E-state index is 13.7. The van der Waals surface area contributed by atoms with E-state index in [0.717, 1.165) is 0 Å². The minimum atomic E-state index is -0.720. The zero-order valence-corrected chi connectivity index (χ0v) is 21.9. The number of fused-ring (bicyclic) bond motifs is 1. The number of benzene rings is 2. The summed E-state index contributed by atoms with van der Waals surface area (Å²) in [4.78, 5) is 42.9. The molecule has 1 atom stereocenters. The van der Waals surface area contributed by atoms with Crippen LogP contribution in [0.4, 0.5) is 0 Å². The van der Waals surface area contributed by atoms with E-state index >= 15 is 0 Å². The van der Waals surface area contributed by atoms with Crippen LogP contribution in [0.3, 0.4) is 0 Å². The first-order valence-electron chi connectivity index (χ1n) is 11.5. The van der Waals surface area contributed by atoms with E-state index in [1.54, 1.807) is 50.4 Å². The van der Waals surface area contributed by atoms with Crippen molar-refractivity contribution >= 4 is 29.4 Å². The molecule has 192 valence electrons. The smallest absolute Gasteiger partial charge is 0.338 e. The van der Waals surface area contributed by atoms with Gasteiger partial charge in [0.15, 0.2) is 16.3 Å². The minimum Gasteiger partial charge on any atom is -0.497 e. The third-order valence-corrected chi connectivity index (χ3v) is 6.66. The van der Waals surface area contributed by atoms with Gasteiger partial charge in [0.2, 0.25) is 0 Å². The largest absolute Gasteiger partial charge is 0.497 e. The maximum Gasteiger partial charge on any atom is 0.338 e. The summed E-state index contributed by atoms with van der Waals surface area (Å²) in [6, 6.07) is 11.5. The average Bonchev–Trinajstić information content (AvgIpc) is 3.18. The van der Waals surface area contributed by atoms with E-state index in [4.69, 9.17) is 18.9 Å². The predicted molar refractivity (Wildman–Crippen MR) is 138 cm³/mol. The highest BCUT2D eigenvalue weighted by molar-refractivity contribution is 7.07. The summed E-state index contributed by atoms with van der Waals surface area (Å²) in [5.74, 6) is 0.319. The Morgan fingerprint density at radius 1 is 1.11 bits per heavy atom. The molecule has 1 aromatic heterocycles. The molecule has 0 bridgehead atoms. The summed E-state index contributed by atoms with van der Waals surface area (Å²) in [7, 11) is 2.87. The molecule has 0 amide bonds. The van der Waals surface area contributed by atoms with Crippen molar-refractivity contribution in [3.8, 4) is 17.2 Å². The Labute approximate surface area is 216 Å². The number of carbonyl (C=O) groups excluding carboxylic acids is 2. The van der Waals surface area contributed by atoms with Gasteiger partial charge < -0.3 is 18.9 Å². The van der Waals surface area contributed by atoms with E-state index in [2.05, 4.69) is 4.99 Å². The zero-order valence-electron chi connectivity index (χ0n) is 21.1. The summed E-state index contributed by atoms with van der Waals surface area (Å²) < 4.78 is 23.1. The number of hydrogen-bond acceptors (Lipinski definition) is 9. The van der Waals surface area contributed by atoms with Crippen LogP contribution in [-0.2, 0) is 14.3 Å². The highest BCUT2D eigenvalue weighted by Gasteiger charge is 2.33. The lowest BCUT2D eigenvalue weighted by Gasteiger charge is -2.24.